The highest BCUT2D eigenvalue weighted by atomic mass is 16.5. The second-order valence-corrected chi connectivity index (χ2v) is 5.30. The summed E-state index contributed by atoms with van der Waals surface area (Å²) in [6, 6.07) is 10.1. The van der Waals surface area contributed by atoms with Gasteiger partial charge in [-0.15, -0.1) is 0 Å². The van der Waals surface area contributed by atoms with Crippen LogP contribution in [0.4, 0.5) is 5.95 Å². The predicted octanol–water partition coefficient (Wildman–Crippen LogP) is 3.18. The number of carbonyl (C=O) groups is 1. The molecule has 0 fully saturated rings. The molecule has 1 aromatic heterocycles. The molecule has 2 aromatic rings. The highest BCUT2D eigenvalue weighted by Crippen LogP contribution is 2.19. The molecule has 1 atom stereocenters. The van der Waals surface area contributed by atoms with Gasteiger partial charge in [-0.25, -0.2) is 9.78 Å². The Morgan fingerprint density at radius 2 is 2.00 bits per heavy atom. The van der Waals surface area contributed by atoms with E-state index < -0.39 is 12.0 Å². The molecule has 0 bridgehead atoms. The van der Waals surface area contributed by atoms with Gasteiger partial charge < -0.3 is 15.2 Å². The first-order valence-corrected chi connectivity index (χ1v) is 7.10. The molecule has 2 rings (SSSR count). The topological polar surface area (TPSA) is 84.3 Å². The Balaban J connectivity index is 2.09. The number of hydrogen-bond acceptors (Lipinski definition) is 5. The SMILES string of the molecule is CC(C)C[C@H](Nc1nccc(Oc2ccccc2)n1)C(=O)O. The van der Waals surface area contributed by atoms with E-state index in [1.54, 1.807) is 6.07 Å². The van der Waals surface area contributed by atoms with Crippen molar-refractivity contribution >= 4 is 11.9 Å². The zero-order chi connectivity index (χ0) is 15.9. The molecule has 0 aliphatic carbocycles. The van der Waals surface area contributed by atoms with Crippen LogP contribution in [-0.4, -0.2) is 27.1 Å². The number of carboxylic acids is 1. The molecular formula is C16H19N3O3. The molecular weight excluding hydrogens is 282 g/mol. The van der Waals surface area contributed by atoms with E-state index in [1.807, 2.05) is 44.2 Å². The molecule has 0 amide bonds. The number of aromatic nitrogens is 2. The van der Waals surface area contributed by atoms with Crippen molar-refractivity contribution in [3.8, 4) is 11.6 Å². The fourth-order valence-electron chi connectivity index (χ4n) is 1.93. The minimum absolute atomic E-state index is 0.237. The molecule has 0 saturated carbocycles. The smallest absolute Gasteiger partial charge is 0.326 e. The minimum atomic E-state index is -0.924. The van der Waals surface area contributed by atoms with E-state index in [9.17, 15) is 9.90 Å². The van der Waals surface area contributed by atoms with Crippen LogP contribution in [0, 0.1) is 5.92 Å². The monoisotopic (exact) mass is 301 g/mol. The summed E-state index contributed by atoms with van der Waals surface area (Å²) >= 11 is 0. The second kappa shape index (κ2) is 7.40. The maximum atomic E-state index is 11.3. The molecule has 1 aromatic carbocycles. The fraction of sp³-hybridized carbons (Fsp3) is 0.312. The fourth-order valence-corrected chi connectivity index (χ4v) is 1.93. The normalized spacial score (nSPS) is 12.0. The number of anilines is 1. The number of nitrogens with one attached hydrogen (secondary N) is 1. The molecule has 2 N–H and O–H groups in total. The van der Waals surface area contributed by atoms with Gasteiger partial charge in [0.1, 0.15) is 11.8 Å². The van der Waals surface area contributed by atoms with Crippen LogP contribution >= 0.6 is 0 Å². The highest BCUT2D eigenvalue weighted by molar-refractivity contribution is 5.76. The Morgan fingerprint density at radius 1 is 1.27 bits per heavy atom. The number of carboxylic acid groups (broad SMARTS) is 1. The molecule has 0 radical (unpaired) electrons. The van der Waals surface area contributed by atoms with Crippen LogP contribution in [0.5, 0.6) is 11.6 Å². The van der Waals surface area contributed by atoms with E-state index in [2.05, 4.69) is 15.3 Å². The third-order valence-corrected chi connectivity index (χ3v) is 2.90. The van der Waals surface area contributed by atoms with Gasteiger partial charge in [-0.1, -0.05) is 32.0 Å². The molecule has 1 heterocycles. The number of para-hydroxylation sites is 1. The molecule has 0 spiro atoms. The van der Waals surface area contributed by atoms with Crippen LogP contribution in [0.3, 0.4) is 0 Å². The quantitative estimate of drug-likeness (QED) is 0.817. The van der Waals surface area contributed by atoms with Crippen LogP contribution in [-0.2, 0) is 4.79 Å². The van der Waals surface area contributed by atoms with Crippen LogP contribution < -0.4 is 10.1 Å². The number of ether oxygens (including phenoxy) is 1. The van der Waals surface area contributed by atoms with Gasteiger partial charge in [0.15, 0.2) is 0 Å². The number of hydrogen-bond donors (Lipinski definition) is 2. The second-order valence-electron chi connectivity index (χ2n) is 5.30. The molecule has 22 heavy (non-hydrogen) atoms. The Morgan fingerprint density at radius 3 is 2.64 bits per heavy atom. The van der Waals surface area contributed by atoms with Crippen LogP contribution in [0.25, 0.3) is 0 Å². The summed E-state index contributed by atoms with van der Waals surface area (Å²) in [5.41, 5.74) is 0. The Kier molecular flexibility index (Phi) is 5.30. The van der Waals surface area contributed by atoms with E-state index in [0.717, 1.165) is 0 Å². The average molecular weight is 301 g/mol. The van der Waals surface area contributed by atoms with E-state index >= 15 is 0 Å². The first-order chi connectivity index (χ1) is 10.5. The highest BCUT2D eigenvalue weighted by Gasteiger charge is 2.19. The third kappa shape index (κ3) is 4.73. The third-order valence-electron chi connectivity index (χ3n) is 2.90. The maximum absolute atomic E-state index is 11.3. The summed E-state index contributed by atoms with van der Waals surface area (Å²) in [6.07, 6.45) is 2.02. The summed E-state index contributed by atoms with van der Waals surface area (Å²) < 4.78 is 5.60. The van der Waals surface area contributed by atoms with Crippen molar-refractivity contribution in [2.45, 2.75) is 26.3 Å². The standard InChI is InChI=1S/C16H19N3O3/c1-11(2)10-13(15(20)21)18-16-17-9-8-14(19-16)22-12-6-4-3-5-7-12/h3-9,11,13H,10H2,1-2H3,(H,20,21)(H,17,18,19)/t13-/m0/s1. The summed E-state index contributed by atoms with van der Waals surface area (Å²) in [6.45, 7) is 3.93. The van der Waals surface area contributed by atoms with Crippen LogP contribution in [0.15, 0.2) is 42.6 Å². The summed E-state index contributed by atoms with van der Waals surface area (Å²) in [5.74, 6) is 0.576. The lowest BCUT2D eigenvalue weighted by molar-refractivity contribution is -0.138. The summed E-state index contributed by atoms with van der Waals surface area (Å²) in [5, 5.41) is 12.1. The Labute approximate surface area is 129 Å². The zero-order valence-corrected chi connectivity index (χ0v) is 12.6. The predicted molar refractivity (Wildman–Crippen MR) is 83.0 cm³/mol. The van der Waals surface area contributed by atoms with Gasteiger partial charge in [-0.05, 0) is 24.5 Å². The molecule has 0 saturated heterocycles. The van der Waals surface area contributed by atoms with Crippen molar-refractivity contribution in [3.63, 3.8) is 0 Å². The number of benzene rings is 1. The summed E-state index contributed by atoms with van der Waals surface area (Å²) in [7, 11) is 0. The Bertz CT molecular complexity index is 617. The van der Waals surface area contributed by atoms with E-state index in [-0.39, 0.29) is 11.9 Å². The number of aliphatic carboxylic acids is 1. The molecule has 6 heteroatoms. The van der Waals surface area contributed by atoms with Crippen LogP contribution in [0.1, 0.15) is 20.3 Å². The first-order valence-electron chi connectivity index (χ1n) is 7.10. The van der Waals surface area contributed by atoms with Crippen molar-refractivity contribution in [1.29, 1.82) is 0 Å². The van der Waals surface area contributed by atoms with Gasteiger partial charge in [0, 0.05) is 12.3 Å². The van der Waals surface area contributed by atoms with E-state index in [1.165, 1.54) is 6.20 Å². The van der Waals surface area contributed by atoms with Gasteiger partial charge >= 0.3 is 5.97 Å². The molecule has 0 aliphatic rings. The van der Waals surface area contributed by atoms with Crippen molar-refractivity contribution < 1.29 is 14.6 Å². The van der Waals surface area contributed by atoms with Crippen molar-refractivity contribution in [3.05, 3.63) is 42.6 Å². The van der Waals surface area contributed by atoms with Crippen molar-refractivity contribution in [2.24, 2.45) is 5.92 Å². The van der Waals surface area contributed by atoms with Gasteiger partial charge in [0.05, 0.1) is 0 Å². The lowest BCUT2D eigenvalue weighted by atomic mass is 10.0. The van der Waals surface area contributed by atoms with E-state index in [4.69, 9.17) is 4.74 Å². The van der Waals surface area contributed by atoms with Gasteiger partial charge in [-0.3, -0.25) is 0 Å². The largest absolute Gasteiger partial charge is 0.480 e. The van der Waals surface area contributed by atoms with Crippen LogP contribution in [0.2, 0.25) is 0 Å². The summed E-state index contributed by atoms with van der Waals surface area (Å²) in [4.78, 5) is 19.5. The maximum Gasteiger partial charge on any atom is 0.326 e. The lowest BCUT2D eigenvalue weighted by Gasteiger charge is -2.16. The molecule has 6 nitrogen and oxygen atoms in total. The Hall–Kier alpha value is -2.63. The molecule has 0 unspecified atom stereocenters. The number of nitrogens with zero attached hydrogens (tertiary/aromatic N) is 2. The van der Waals surface area contributed by atoms with Crippen molar-refractivity contribution in [2.75, 3.05) is 5.32 Å². The molecule has 0 aliphatic heterocycles. The minimum Gasteiger partial charge on any atom is -0.480 e. The number of rotatable bonds is 7. The van der Waals surface area contributed by atoms with Gasteiger partial charge in [-0.2, -0.15) is 4.98 Å². The van der Waals surface area contributed by atoms with Gasteiger partial charge in [0.2, 0.25) is 11.8 Å². The lowest BCUT2D eigenvalue weighted by Crippen LogP contribution is -2.31. The van der Waals surface area contributed by atoms with Crippen molar-refractivity contribution in [1.82, 2.24) is 9.97 Å². The van der Waals surface area contributed by atoms with E-state index in [0.29, 0.717) is 18.1 Å². The zero-order valence-electron chi connectivity index (χ0n) is 12.6. The average Bonchev–Trinajstić information content (AvgIpc) is 2.47. The van der Waals surface area contributed by atoms with Gasteiger partial charge in [0.25, 0.3) is 0 Å². The molecule has 116 valence electrons. The first kappa shape index (κ1) is 15.8.